The summed E-state index contributed by atoms with van der Waals surface area (Å²) in [6.45, 7) is 5.64. The Morgan fingerprint density at radius 3 is 2.71 bits per heavy atom. The summed E-state index contributed by atoms with van der Waals surface area (Å²) in [5, 5.41) is 2.79. The number of carbonyl (C=O) groups excluding carboxylic acids is 1. The number of halogens is 1. The molecule has 21 heavy (non-hydrogen) atoms. The van der Waals surface area contributed by atoms with Gasteiger partial charge in [0.15, 0.2) is 0 Å². The molecule has 3 N–H and O–H groups in total. The summed E-state index contributed by atoms with van der Waals surface area (Å²) >= 11 is 0. The third-order valence-electron chi connectivity index (χ3n) is 3.86. The summed E-state index contributed by atoms with van der Waals surface area (Å²) in [6.07, 6.45) is 3.72. The van der Waals surface area contributed by atoms with Crippen molar-refractivity contribution in [3.05, 3.63) is 29.8 Å². The van der Waals surface area contributed by atoms with E-state index >= 15 is 0 Å². The Labute approximate surface area is 133 Å². The number of hydrogen-bond donors (Lipinski definition) is 2. The average molecular weight is 312 g/mol. The fourth-order valence-corrected chi connectivity index (χ4v) is 2.92. The number of piperidine rings is 1. The first-order chi connectivity index (χ1) is 9.67. The van der Waals surface area contributed by atoms with Crippen LogP contribution < -0.4 is 11.1 Å². The molecule has 4 nitrogen and oxygen atoms in total. The Kier molecular flexibility index (Phi) is 7.72. The third-order valence-corrected chi connectivity index (χ3v) is 3.86. The standard InChI is InChI=1S/C16H25N3O.ClH/c1-13(20)18-16-6-4-15(5-7-16)12-19-10-2-3-14(11-19)8-9-17;/h4-7,14H,2-3,8-12,17H2,1H3,(H,18,20);1H. The van der Waals surface area contributed by atoms with Crippen LogP contribution in [0, 0.1) is 5.92 Å². The largest absolute Gasteiger partial charge is 0.330 e. The van der Waals surface area contributed by atoms with Crippen molar-refractivity contribution in [3.8, 4) is 0 Å². The molecule has 1 aromatic carbocycles. The lowest BCUT2D eigenvalue weighted by molar-refractivity contribution is -0.114. The number of amides is 1. The average Bonchev–Trinajstić information content (AvgIpc) is 2.41. The number of nitrogens with zero attached hydrogens (tertiary/aromatic N) is 1. The van der Waals surface area contributed by atoms with E-state index in [0.29, 0.717) is 0 Å². The van der Waals surface area contributed by atoms with Crippen LogP contribution in [0.5, 0.6) is 0 Å². The highest BCUT2D eigenvalue weighted by atomic mass is 35.5. The lowest BCUT2D eigenvalue weighted by atomic mass is 9.94. The quantitative estimate of drug-likeness (QED) is 0.879. The smallest absolute Gasteiger partial charge is 0.221 e. The first kappa shape index (κ1) is 18.0. The maximum atomic E-state index is 11.0. The van der Waals surface area contributed by atoms with Crippen molar-refractivity contribution in [2.45, 2.75) is 32.7 Å². The molecule has 118 valence electrons. The first-order valence-electron chi connectivity index (χ1n) is 7.46. The van der Waals surface area contributed by atoms with Crippen molar-refractivity contribution in [3.63, 3.8) is 0 Å². The summed E-state index contributed by atoms with van der Waals surface area (Å²) in [7, 11) is 0. The molecule has 0 spiro atoms. The molecule has 1 aromatic rings. The number of carbonyl (C=O) groups is 1. The van der Waals surface area contributed by atoms with Crippen LogP contribution in [0.2, 0.25) is 0 Å². The normalized spacial score (nSPS) is 18.9. The Hall–Kier alpha value is -1.10. The van der Waals surface area contributed by atoms with E-state index in [9.17, 15) is 4.79 Å². The van der Waals surface area contributed by atoms with Crippen LogP contribution in [-0.4, -0.2) is 30.4 Å². The predicted molar refractivity (Wildman–Crippen MR) is 89.7 cm³/mol. The molecule has 1 aliphatic rings. The van der Waals surface area contributed by atoms with Gasteiger partial charge in [-0.1, -0.05) is 12.1 Å². The highest BCUT2D eigenvalue weighted by molar-refractivity contribution is 5.88. The van der Waals surface area contributed by atoms with Gasteiger partial charge < -0.3 is 11.1 Å². The molecule has 0 bridgehead atoms. The maximum Gasteiger partial charge on any atom is 0.221 e. The van der Waals surface area contributed by atoms with Gasteiger partial charge in [0.05, 0.1) is 0 Å². The van der Waals surface area contributed by atoms with Gasteiger partial charge in [-0.3, -0.25) is 9.69 Å². The van der Waals surface area contributed by atoms with Crippen molar-refractivity contribution in [2.75, 3.05) is 25.0 Å². The minimum absolute atomic E-state index is 0. The number of anilines is 1. The zero-order chi connectivity index (χ0) is 14.4. The topological polar surface area (TPSA) is 58.4 Å². The molecule has 5 heteroatoms. The number of nitrogens with one attached hydrogen (secondary N) is 1. The zero-order valence-corrected chi connectivity index (χ0v) is 13.5. The molecule has 1 atom stereocenters. The molecular formula is C16H26ClN3O. The van der Waals surface area contributed by atoms with E-state index in [1.807, 2.05) is 12.1 Å². The van der Waals surface area contributed by atoms with E-state index in [2.05, 4.69) is 22.3 Å². The molecule has 0 radical (unpaired) electrons. The summed E-state index contributed by atoms with van der Waals surface area (Å²) in [6, 6.07) is 8.13. The number of nitrogens with two attached hydrogens (primary N) is 1. The molecule has 1 heterocycles. The molecule has 1 unspecified atom stereocenters. The third kappa shape index (κ3) is 6.04. The first-order valence-corrected chi connectivity index (χ1v) is 7.46. The zero-order valence-electron chi connectivity index (χ0n) is 12.7. The van der Waals surface area contributed by atoms with Gasteiger partial charge in [0.2, 0.25) is 5.91 Å². The van der Waals surface area contributed by atoms with E-state index in [1.54, 1.807) is 0 Å². The Bertz CT molecular complexity index is 434. The van der Waals surface area contributed by atoms with Gasteiger partial charge >= 0.3 is 0 Å². The van der Waals surface area contributed by atoms with Crippen LogP contribution >= 0.6 is 12.4 Å². The van der Waals surface area contributed by atoms with Crippen LogP contribution in [0.1, 0.15) is 31.7 Å². The van der Waals surface area contributed by atoms with Crippen molar-refractivity contribution in [1.29, 1.82) is 0 Å². The van der Waals surface area contributed by atoms with Crippen LogP contribution in [0.3, 0.4) is 0 Å². The van der Waals surface area contributed by atoms with Crippen LogP contribution in [0.4, 0.5) is 5.69 Å². The van der Waals surface area contributed by atoms with Gasteiger partial charge in [0.1, 0.15) is 0 Å². The van der Waals surface area contributed by atoms with Crippen molar-refractivity contribution in [2.24, 2.45) is 11.7 Å². The Morgan fingerprint density at radius 2 is 2.10 bits per heavy atom. The molecule has 2 rings (SSSR count). The molecule has 1 amide bonds. The summed E-state index contributed by atoms with van der Waals surface area (Å²) in [5.41, 5.74) is 7.82. The van der Waals surface area contributed by atoms with Crippen molar-refractivity contribution >= 4 is 24.0 Å². The summed E-state index contributed by atoms with van der Waals surface area (Å²) < 4.78 is 0. The van der Waals surface area contributed by atoms with Gasteiger partial charge in [-0.05, 0) is 56.0 Å². The molecule has 1 fully saturated rings. The van der Waals surface area contributed by atoms with Gasteiger partial charge in [0.25, 0.3) is 0 Å². The van der Waals surface area contributed by atoms with E-state index in [0.717, 1.165) is 37.7 Å². The predicted octanol–water partition coefficient (Wildman–Crippen LogP) is 2.63. The fourth-order valence-electron chi connectivity index (χ4n) is 2.92. The van der Waals surface area contributed by atoms with Crippen molar-refractivity contribution < 1.29 is 4.79 Å². The number of hydrogen-bond acceptors (Lipinski definition) is 3. The number of benzene rings is 1. The van der Waals surface area contributed by atoms with Gasteiger partial charge in [-0.25, -0.2) is 0 Å². The molecule has 1 saturated heterocycles. The summed E-state index contributed by atoms with van der Waals surface area (Å²) in [5.74, 6) is 0.728. The maximum absolute atomic E-state index is 11.0. The minimum Gasteiger partial charge on any atom is -0.330 e. The van der Waals surface area contributed by atoms with Gasteiger partial charge in [-0.15, -0.1) is 12.4 Å². The van der Waals surface area contributed by atoms with Gasteiger partial charge in [-0.2, -0.15) is 0 Å². The van der Waals surface area contributed by atoms with Crippen LogP contribution in [0.15, 0.2) is 24.3 Å². The van der Waals surface area contributed by atoms with E-state index in [-0.39, 0.29) is 18.3 Å². The molecule has 0 saturated carbocycles. The van der Waals surface area contributed by atoms with E-state index in [4.69, 9.17) is 5.73 Å². The van der Waals surface area contributed by atoms with Gasteiger partial charge in [0, 0.05) is 25.7 Å². The van der Waals surface area contributed by atoms with Crippen LogP contribution in [-0.2, 0) is 11.3 Å². The minimum atomic E-state index is -0.0293. The molecule has 1 aliphatic heterocycles. The number of rotatable bonds is 5. The molecular weight excluding hydrogens is 286 g/mol. The highest BCUT2D eigenvalue weighted by Gasteiger charge is 2.19. The second-order valence-electron chi connectivity index (χ2n) is 5.70. The molecule has 0 aromatic heterocycles. The summed E-state index contributed by atoms with van der Waals surface area (Å²) in [4.78, 5) is 13.5. The lowest BCUT2D eigenvalue weighted by Crippen LogP contribution is -2.35. The Morgan fingerprint density at radius 1 is 1.38 bits per heavy atom. The monoisotopic (exact) mass is 311 g/mol. The van der Waals surface area contributed by atoms with E-state index < -0.39 is 0 Å². The fraction of sp³-hybridized carbons (Fsp3) is 0.562. The SMILES string of the molecule is CC(=O)Nc1ccc(CN2CCCC(CCN)C2)cc1.Cl. The highest BCUT2D eigenvalue weighted by Crippen LogP contribution is 2.21. The van der Waals surface area contributed by atoms with E-state index in [1.165, 1.54) is 31.9 Å². The van der Waals surface area contributed by atoms with Crippen molar-refractivity contribution in [1.82, 2.24) is 4.90 Å². The second kappa shape index (κ2) is 9.03. The van der Waals surface area contributed by atoms with Crippen LogP contribution in [0.25, 0.3) is 0 Å². The number of likely N-dealkylation sites (tertiary alicyclic amines) is 1. The molecule has 0 aliphatic carbocycles. The second-order valence-corrected chi connectivity index (χ2v) is 5.70. The lowest BCUT2D eigenvalue weighted by Gasteiger charge is -2.32. The Balaban J connectivity index is 0.00000220.